The molecule has 0 aliphatic carbocycles. The lowest BCUT2D eigenvalue weighted by Crippen LogP contribution is -2.45. The van der Waals surface area contributed by atoms with Gasteiger partial charge in [-0.1, -0.05) is 25.7 Å². The second kappa shape index (κ2) is 11.8. The molecule has 0 bridgehead atoms. The molecule has 1 aromatic carbocycles. The highest BCUT2D eigenvalue weighted by Crippen LogP contribution is 2.25. The number of benzene rings is 1. The van der Waals surface area contributed by atoms with Crippen molar-refractivity contribution in [3.63, 3.8) is 0 Å². The molecule has 0 aliphatic heterocycles. The molecule has 1 rings (SSSR count). The first-order valence-electron chi connectivity index (χ1n) is 9.47. The molecule has 0 aromatic heterocycles. The van der Waals surface area contributed by atoms with Gasteiger partial charge in [-0.2, -0.15) is 0 Å². The van der Waals surface area contributed by atoms with Gasteiger partial charge in [0.05, 0.1) is 0 Å². The van der Waals surface area contributed by atoms with E-state index < -0.39 is 43.5 Å². The Kier molecular flexibility index (Phi) is 10.6. The molecule has 28 heavy (non-hydrogen) atoms. The van der Waals surface area contributed by atoms with E-state index in [9.17, 15) is 22.0 Å². The van der Waals surface area contributed by atoms with Gasteiger partial charge in [0, 0.05) is 31.9 Å². The van der Waals surface area contributed by atoms with Gasteiger partial charge in [-0.3, -0.25) is 0 Å². The van der Waals surface area contributed by atoms with E-state index in [4.69, 9.17) is 13.3 Å². The molecule has 0 spiro atoms. The second-order valence-electron chi connectivity index (χ2n) is 6.93. The Balaban J connectivity index is 2.34. The molecule has 0 unspecified atom stereocenters. The molecule has 162 valence electrons. The summed E-state index contributed by atoms with van der Waals surface area (Å²) in [5.41, 5.74) is -0.738. The number of hydrogen-bond acceptors (Lipinski definition) is 3. The van der Waals surface area contributed by atoms with Gasteiger partial charge in [0.15, 0.2) is 23.3 Å². The van der Waals surface area contributed by atoms with Gasteiger partial charge in [-0.25, -0.2) is 22.0 Å². The zero-order valence-corrected chi connectivity index (χ0v) is 17.8. The van der Waals surface area contributed by atoms with Crippen molar-refractivity contribution in [2.24, 2.45) is 0 Å². The SMILES string of the molecule is CO[Si](CCCCCCCCc1c(F)c(F)c(F)c(F)c1F)(OC)OC(C)C. The third-order valence-corrected chi connectivity index (χ3v) is 7.54. The molecule has 0 saturated carbocycles. The largest absolute Gasteiger partial charge is 0.500 e. The van der Waals surface area contributed by atoms with E-state index in [1.54, 1.807) is 14.2 Å². The third-order valence-electron chi connectivity index (χ3n) is 4.50. The Labute approximate surface area is 164 Å². The van der Waals surface area contributed by atoms with E-state index in [-0.39, 0.29) is 12.5 Å². The van der Waals surface area contributed by atoms with Gasteiger partial charge in [0.2, 0.25) is 5.82 Å². The average molecular weight is 429 g/mol. The van der Waals surface area contributed by atoms with E-state index in [1.807, 2.05) is 13.8 Å². The Bertz CT molecular complexity index is 595. The van der Waals surface area contributed by atoms with Crippen LogP contribution in [-0.2, 0) is 19.7 Å². The Hall–Kier alpha value is -1.03. The number of unbranched alkanes of at least 4 members (excludes halogenated alkanes) is 5. The fourth-order valence-electron chi connectivity index (χ4n) is 3.02. The normalized spacial score (nSPS) is 12.2. The Morgan fingerprint density at radius 1 is 0.679 bits per heavy atom. The van der Waals surface area contributed by atoms with Crippen LogP contribution in [0.5, 0.6) is 0 Å². The predicted octanol–water partition coefficient (Wildman–Crippen LogP) is 5.92. The van der Waals surface area contributed by atoms with Crippen molar-refractivity contribution in [1.82, 2.24) is 0 Å². The molecular weight excluding hydrogens is 399 g/mol. The molecule has 9 heteroatoms. The van der Waals surface area contributed by atoms with Crippen molar-refractivity contribution < 1.29 is 35.2 Å². The summed E-state index contributed by atoms with van der Waals surface area (Å²) >= 11 is 0. The quantitative estimate of drug-likeness (QED) is 0.128. The fraction of sp³-hybridized carbons (Fsp3) is 0.684. The van der Waals surface area contributed by atoms with Gasteiger partial charge in [-0.05, 0) is 33.1 Å². The first kappa shape index (κ1) is 25.0. The maximum atomic E-state index is 13.6. The average Bonchev–Trinajstić information content (AvgIpc) is 2.67. The number of hydrogen-bond donors (Lipinski definition) is 0. The minimum absolute atomic E-state index is 0.00786. The molecule has 0 atom stereocenters. The summed E-state index contributed by atoms with van der Waals surface area (Å²) in [6.45, 7) is 3.84. The van der Waals surface area contributed by atoms with Crippen molar-refractivity contribution in [3.05, 3.63) is 34.6 Å². The molecular formula is C19H29F5O3Si. The smallest absolute Gasteiger partial charge is 0.377 e. The lowest BCUT2D eigenvalue weighted by atomic mass is 10.0. The van der Waals surface area contributed by atoms with Gasteiger partial charge in [0.1, 0.15) is 0 Å². The zero-order valence-electron chi connectivity index (χ0n) is 16.8. The second-order valence-corrected chi connectivity index (χ2v) is 9.85. The third kappa shape index (κ3) is 6.79. The summed E-state index contributed by atoms with van der Waals surface area (Å²) in [4.78, 5) is 0. The van der Waals surface area contributed by atoms with Gasteiger partial charge < -0.3 is 13.3 Å². The molecule has 0 N–H and O–H groups in total. The summed E-state index contributed by atoms with van der Waals surface area (Å²) in [6.07, 6.45) is 4.27. The van der Waals surface area contributed by atoms with Crippen molar-refractivity contribution in [2.75, 3.05) is 14.2 Å². The first-order valence-corrected chi connectivity index (χ1v) is 11.4. The highest BCUT2D eigenvalue weighted by Gasteiger charge is 2.39. The number of halogens is 5. The fourth-order valence-corrected chi connectivity index (χ4v) is 5.31. The van der Waals surface area contributed by atoms with Crippen molar-refractivity contribution in [1.29, 1.82) is 0 Å². The van der Waals surface area contributed by atoms with E-state index in [1.165, 1.54) is 0 Å². The molecule has 0 fully saturated rings. The van der Waals surface area contributed by atoms with E-state index in [0.29, 0.717) is 18.9 Å². The number of rotatable bonds is 13. The maximum Gasteiger partial charge on any atom is 0.500 e. The van der Waals surface area contributed by atoms with Crippen LogP contribution in [0.4, 0.5) is 22.0 Å². The minimum atomic E-state index is -2.64. The standard InChI is InChI=1S/C19H29F5O3Si/c1-13(2)27-28(25-3,26-4)12-10-8-6-5-7-9-11-14-15(20)17(22)19(24)18(23)16(14)21/h13H,5-12H2,1-4H3. The molecule has 0 aliphatic rings. The monoisotopic (exact) mass is 428 g/mol. The lowest BCUT2D eigenvalue weighted by molar-refractivity contribution is 0.0693. The van der Waals surface area contributed by atoms with Crippen LogP contribution in [0.3, 0.4) is 0 Å². The Morgan fingerprint density at radius 3 is 1.57 bits per heavy atom. The Morgan fingerprint density at radius 2 is 1.11 bits per heavy atom. The van der Waals surface area contributed by atoms with Crippen LogP contribution in [0.1, 0.15) is 57.9 Å². The van der Waals surface area contributed by atoms with Crippen LogP contribution >= 0.6 is 0 Å². The summed E-state index contributed by atoms with van der Waals surface area (Å²) in [6, 6.07) is 0.697. The minimum Gasteiger partial charge on any atom is -0.377 e. The zero-order chi connectivity index (χ0) is 21.3. The maximum absolute atomic E-state index is 13.6. The summed E-state index contributed by atoms with van der Waals surface area (Å²) in [7, 11) is 0.523. The predicted molar refractivity (Wildman–Crippen MR) is 98.4 cm³/mol. The molecule has 1 aromatic rings. The summed E-state index contributed by atoms with van der Waals surface area (Å²) < 4.78 is 83.3. The van der Waals surface area contributed by atoms with Crippen LogP contribution in [0.25, 0.3) is 0 Å². The van der Waals surface area contributed by atoms with E-state index in [2.05, 4.69) is 0 Å². The van der Waals surface area contributed by atoms with Crippen molar-refractivity contribution in [3.8, 4) is 0 Å². The van der Waals surface area contributed by atoms with Gasteiger partial charge in [0.25, 0.3) is 0 Å². The molecule has 3 nitrogen and oxygen atoms in total. The molecule has 0 amide bonds. The van der Waals surface area contributed by atoms with Crippen LogP contribution < -0.4 is 0 Å². The lowest BCUT2D eigenvalue weighted by Gasteiger charge is -2.28. The molecule has 0 saturated heterocycles. The van der Waals surface area contributed by atoms with Crippen LogP contribution in [-0.4, -0.2) is 29.1 Å². The molecule has 0 radical (unpaired) electrons. The van der Waals surface area contributed by atoms with Gasteiger partial charge >= 0.3 is 8.80 Å². The van der Waals surface area contributed by atoms with Crippen LogP contribution in [0.2, 0.25) is 6.04 Å². The summed E-state index contributed by atoms with van der Waals surface area (Å²) in [5, 5.41) is 0. The summed E-state index contributed by atoms with van der Waals surface area (Å²) in [5.74, 6) is -9.36. The highest BCUT2D eigenvalue weighted by atomic mass is 28.4. The van der Waals surface area contributed by atoms with Gasteiger partial charge in [-0.15, -0.1) is 0 Å². The van der Waals surface area contributed by atoms with E-state index >= 15 is 0 Å². The van der Waals surface area contributed by atoms with Crippen molar-refractivity contribution >= 4 is 8.80 Å². The molecule has 0 heterocycles. The van der Waals surface area contributed by atoms with Crippen LogP contribution in [0, 0.1) is 29.1 Å². The van der Waals surface area contributed by atoms with Crippen molar-refractivity contribution in [2.45, 2.75) is 70.9 Å². The van der Waals surface area contributed by atoms with Crippen LogP contribution in [0.15, 0.2) is 0 Å². The van der Waals surface area contributed by atoms with E-state index in [0.717, 1.165) is 25.7 Å². The topological polar surface area (TPSA) is 27.7 Å². The highest BCUT2D eigenvalue weighted by molar-refractivity contribution is 6.60. The first-order chi connectivity index (χ1) is 13.2.